The number of carbonyl (C=O) groups is 1. The Hall–Kier alpha value is -2.18. The maximum Gasteiger partial charge on any atom is 0.223 e. The SMILES string of the molecule is C[C@@H]1CCCC[C@@H]1NC(=O)C1CCN(c2ncnc3c2nc2n3CCCCC2)CC1. The van der Waals surface area contributed by atoms with Crippen molar-refractivity contribution in [3.63, 3.8) is 0 Å². The Morgan fingerprint density at radius 1 is 1.00 bits per heavy atom. The van der Waals surface area contributed by atoms with Crippen molar-refractivity contribution >= 4 is 22.9 Å². The zero-order valence-electron chi connectivity index (χ0n) is 18.1. The van der Waals surface area contributed by atoms with Gasteiger partial charge in [-0.05, 0) is 44.4 Å². The number of fused-ring (bicyclic) bond motifs is 3. The number of hydrogen-bond acceptors (Lipinski definition) is 5. The Morgan fingerprint density at radius 2 is 1.83 bits per heavy atom. The second-order valence-corrected chi connectivity index (χ2v) is 9.50. The quantitative estimate of drug-likeness (QED) is 0.839. The summed E-state index contributed by atoms with van der Waals surface area (Å²) in [4.78, 5) is 29.3. The predicted octanol–water partition coefficient (Wildman–Crippen LogP) is 3.46. The van der Waals surface area contributed by atoms with Gasteiger partial charge in [-0.15, -0.1) is 0 Å². The van der Waals surface area contributed by atoms with E-state index in [1.807, 2.05) is 0 Å². The van der Waals surface area contributed by atoms with Crippen molar-refractivity contribution in [3.05, 3.63) is 12.2 Å². The van der Waals surface area contributed by atoms with Crippen LogP contribution in [0.2, 0.25) is 0 Å². The van der Waals surface area contributed by atoms with Crippen LogP contribution in [0.4, 0.5) is 5.82 Å². The zero-order chi connectivity index (χ0) is 20.5. The van der Waals surface area contributed by atoms with Crippen LogP contribution in [0.25, 0.3) is 11.2 Å². The lowest BCUT2D eigenvalue weighted by molar-refractivity contribution is -0.126. The normalized spacial score (nSPS) is 25.7. The third-order valence-corrected chi connectivity index (χ3v) is 7.48. The van der Waals surface area contributed by atoms with Crippen LogP contribution in [0.5, 0.6) is 0 Å². The van der Waals surface area contributed by atoms with Crippen LogP contribution in [-0.2, 0) is 17.8 Å². The Bertz CT molecular complexity index is 900. The molecule has 0 unspecified atom stereocenters. The molecule has 4 heterocycles. The van der Waals surface area contributed by atoms with Crippen molar-refractivity contribution in [1.82, 2.24) is 24.8 Å². The molecule has 1 N–H and O–H groups in total. The standard InChI is InChI=1S/C23H34N6O/c1-16-7-4-5-8-18(16)26-23(30)17-10-13-28(14-11-17)21-20-22(25-15-24-21)29-12-6-2-3-9-19(29)27-20/h15-18H,2-14H2,1H3,(H,26,30)/t16-,18+/m1/s1. The van der Waals surface area contributed by atoms with Crippen LogP contribution in [0.15, 0.2) is 6.33 Å². The molecule has 1 saturated carbocycles. The third-order valence-electron chi connectivity index (χ3n) is 7.48. The number of rotatable bonds is 3. The van der Waals surface area contributed by atoms with Gasteiger partial charge in [-0.25, -0.2) is 15.0 Å². The first-order chi connectivity index (χ1) is 14.7. The van der Waals surface area contributed by atoms with Gasteiger partial charge < -0.3 is 14.8 Å². The highest BCUT2D eigenvalue weighted by molar-refractivity contribution is 5.84. The topological polar surface area (TPSA) is 75.9 Å². The number of aryl methyl sites for hydroxylation is 2. The molecule has 7 heteroatoms. The minimum absolute atomic E-state index is 0.117. The summed E-state index contributed by atoms with van der Waals surface area (Å²) in [6, 6.07) is 0.367. The number of amides is 1. The fraction of sp³-hybridized carbons (Fsp3) is 0.739. The highest BCUT2D eigenvalue weighted by Crippen LogP contribution is 2.30. The molecule has 2 fully saturated rings. The van der Waals surface area contributed by atoms with Gasteiger partial charge in [0.2, 0.25) is 5.91 Å². The summed E-state index contributed by atoms with van der Waals surface area (Å²) >= 11 is 0. The Labute approximate surface area is 178 Å². The van der Waals surface area contributed by atoms with Gasteiger partial charge >= 0.3 is 0 Å². The van der Waals surface area contributed by atoms with E-state index in [1.165, 1.54) is 38.5 Å². The number of piperidine rings is 1. The van der Waals surface area contributed by atoms with Crippen molar-refractivity contribution in [2.75, 3.05) is 18.0 Å². The first-order valence-electron chi connectivity index (χ1n) is 12.0. The van der Waals surface area contributed by atoms with Crippen LogP contribution >= 0.6 is 0 Å². The number of aromatic nitrogens is 4. The van der Waals surface area contributed by atoms with Crippen molar-refractivity contribution < 1.29 is 4.79 Å². The van der Waals surface area contributed by atoms with E-state index < -0.39 is 0 Å². The molecule has 1 aliphatic carbocycles. The van der Waals surface area contributed by atoms with Crippen LogP contribution in [0.1, 0.15) is 70.5 Å². The van der Waals surface area contributed by atoms with Crippen molar-refractivity contribution in [1.29, 1.82) is 0 Å². The van der Waals surface area contributed by atoms with Crippen molar-refractivity contribution in [2.45, 2.75) is 83.7 Å². The van der Waals surface area contributed by atoms with E-state index >= 15 is 0 Å². The molecule has 162 valence electrons. The fourth-order valence-electron chi connectivity index (χ4n) is 5.54. The number of hydrogen-bond donors (Lipinski definition) is 1. The summed E-state index contributed by atoms with van der Waals surface area (Å²) < 4.78 is 2.29. The van der Waals surface area contributed by atoms with Crippen molar-refractivity contribution in [2.24, 2.45) is 11.8 Å². The van der Waals surface area contributed by atoms with Gasteiger partial charge in [-0.3, -0.25) is 4.79 Å². The van der Waals surface area contributed by atoms with Gasteiger partial charge in [-0.1, -0.05) is 26.2 Å². The molecule has 2 aliphatic heterocycles. The molecule has 2 aromatic heterocycles. The maximum atomic E-state index is 12.9. The molecule has 2 atom stereocenters. The van der Waals surface area contributed by atoms with Gasteiger partial charge in [0.25, 0.3) is 0 Å². The molecule has 3 aliphatic rings. The van der Waals surface area contributed by atoms with Crippen LogP contribution in [0, 0.1) is 11.8 Å². The summed E-state index contributed by atoms with van der Waals surface area (Å²) in [6.07, 6.45) is 13.0. The van der Waals surface area contributed by atoms with E-state index in [0.29, 0.717) is 12.0 Å². The summed E-state index contributed by atoms with van der Waals surface area (Å²) in [5.74, 6) is 3.08. The summed E-state index contributed by atoms with van der Waals surface area (Å²) in [5, 5.41) is 3.36. The first kappa shape index (κ1) is 19.8. The van der Waals surface area contributed by atoms with E-state index in [1.54, 1.807) is 6.33 Å². The van der Waals surface area contributed by atoms with Gasteiger partial charge in [0, 0.05) is 38.0 Å². The van der Waals surface area contributed by atoms with E-state index in [-0.39, 0.29) is 11.8 Å². The molecule has 1 saturated heterocycles. The third kappa shape index (κ3) is 3.79. The molecular weight excluding hydrogens is 376 g/mol. The second kappa shape index (κ2) is 8.52. The van der Waals surface area contributed by atoms with Crippen LogP contribution in [-0.4, -0.2) is 44.6 Å². The molecule has 0 aromatic carbocycles. The maximum absolute atomic E-state index is 12.9. The Morgan fingerprint density at radius 3 is 2.67 bits per heavy atom. The minimum Gasteiger partial charge on any atom is -0.355 e. The lowest BCUT2D eigenvalue weighted by atomic mass is 9.85. The number of nitrogens with zero attached hydrogens (tertiary/aromatic N) is 5. The molecule has 5 rings (SSSR count). The first-order valence-corrected chi connectivity index (χ1v) is 12.0. The van der Waals surface area contributed by atoms with Gasteiger partial charge in [0.05, 0.1) is 0 Å². The number of nitrogens with one attached hydrogen (secondary N) is 1. The molecule has 0 radical (unpaired) electrons. The Balaban J connectivity index is 1.26. The zero-order valence-corrected chi connectivity index (χ0v) is 18.1. The van der Waals surface area contributed by atoms with Crippen molar-refractivity contribution in [3.8, 4) is 0 Å². The monoisotopic (exact) mass is 410 g/mol. The summed E-state index contributed by atoms with van der Waals surface area (Å²) in [5.41, 5.74) is 1.91. The average molecular weight is 411 g/mol. The van der Waals surface area contributed by atoms with Crippen LogP contribution in [0.3, 0.4) is 0 Å². The largest absolute Gasteiger partial charge is 0.355 e. The lowest BCUT2D eigenvalue weighted by Gasteiger charge is -2.34. The van der Waals surface area contributed by atoms with E-state index in [2.05, 4.69) is 31.7 Å². The molecule has 30 heavy (non-hydrogen) atoms. The van der Waals surface area contributed by atoms with E-state index in [9.17, 15) is 4.79 Å². The average Bonchev–Trinajstić information content (AvgIpc) is 2.96. The summed E-state index contributed by atoms with van der Waals surface area (Å²) in [6.45, 7) is 4.99. The molecule has 0 bridgehead atoms. The number of carbonyl (C=O) groups excluding carboxylic acids is 1. The molecule has 7 nitrogen and oxygen atoms in total. The summed E-state index contributed by atoms with van der Waals surface area (Å²) in [7, 11) is 0. The second-order valence-electron chi connectivity index (χ2n) is 9.50. The molecule has 1 amide bonds. The molecular formula is C23H34N6O. The lowest BCUT2D eigenvalue weighted by Crippen LogP contribution is -2.46. The highest BCUT2D eigenvalue weighted by Gasteiger charge is 2.30. The Kier molecular flexibility index (Phi) is 5.61. The number of imidazole rings is 1. The molecule has 2 aromatic rings. The fourth-order valence-corrected chi connectivity index (χ4v) is 5.54. The van der Waals surface area contributed by atoms with Gasteiger partial charge in [0.15, 0.2) is 17.0 Å². The van der Waals surface area contributed by atoms with Crippen LogP contribution < -0.4 is 10.2 Å². The van der Waals surface area contributed by atoms with Gasteiger partial charge in [-0.2, -0.15) is 0 Å². The number of anilines is 1. The minimum atomic E-state index is 0.117. The van der Waals surface area contributed by atoms with E-state index in [0.717, 1.165) is 68.1 Å². The molecule has 0 spiro atoms. The smallest absolute Gasteiger partial charge is 0.223 e. The predicted molar refractivity (Wildman–Crippen MR) is 117 cm³/mol. The highest BCUT2D eigenvalue weighted by atomic mass is 16.2. The van der Waals surface area contributed by atoms with Gasteiger partial charge in [0.1, 0.15) is 12.2 Å². The van der Waals surface area contributed by atoms with E-state index in [4.69, 9.17) is 4.98 Å².